The van der Waals surface area contributed by atoms with Gasteiger partial charge in [0.25, 0.3) is 0 Å². The molecule has 1 atom stereocenters. The minimum absolute atomic E-state index is 0.462. The van der Waals surface area contributed by atoms with Crippen molar-refractivity contribution in [1.29, 1.82) is 0 Å². The summed E-state index contributed by atoms with van der Waals surface area (Å²) in [4.78, 5) is 4.31. The van der Waals surface area contributed by atoms with Crippen molar-refractivity contribution in [1.82, 2.24) is 4.98 Å². The molecule has 1 aliphatic carbocycles. The molecule has 0 radical (unpaired) electrons. The summed E-state index contributed by atoms with van der Waals surface area (Å²) in [6.07, 6.45) is 3.09. The molecule has 0 aromatic carbocycles. The van der Waals surface area contributed by atoms with Crippen molar-refractivity contribution < 1.29 is 0 Å². The first kappa shape index (κ1) is 8.54. The highest BCUT2D eigenvalue weighted by Gasteiger charge is 2.45. The van der Waals surface area contributed by atoms with Crippen LogP contribution < -0.4 is 5.32 Å². The van der Waals surface area contributed by atoms with Crippen LogP contribution in [0.15, 0.2) is 18.3 Å². The van der Waals surface area contributed by atoms with Gasteiger partial charge in [-0.3, -0.25) is 0 Å². The summed E-state index contributed by atoms with van der Waals surface area (Å²) < 4.78 is 0. The van der Waals surface area contributed by atoms with Gasteiger partial charge in [0.05, 0.1) is 0 Å². The monoisotopic (exact) mass is 176 g/mol. The minimum Gasteiger partial charge on any atom is -0.367 e. The predicted octanol–water partition coefficient (Wildman–Crippen LogP) is 2.60. The molecule has 0 spiro atoms. The van der Waals surface area contributed by atoms with E-state index in [-0.39, 0.29) is 0 Å². The van der Waals surface area contributed by atoms with Gasteiger partial charge in [-0.2, -0.15) is 0 Å². The van der Waals surface area contributed by atoms with Crippen LogP contribution in [0, 0.1) is 12.3 Å². The Morgan fingerprint density at radius 2 is 2.23 bits per heavy atom. The molecule has 2 rings (SSSR count). The summed E-state index contributed by atoms with van der Waals surface area (Å²) in [5.41, 5.74) is 1.69. The number of nitrogens with one attached hydrogen (secondary N) is 1. The maximum absolute atomic E-state index is 4.31. The topological polar surface area (TPSA) is 24.9 Å². The average Bonchev–Trinajstić information content (AvgIpc) is 2.64. The number of aromatic nitrogens is 1. The second-order valence-corrected chi connectivity index (χ2v) is 4.56. The minimum atomic E-state index is 0.462. The Morgan fingerprint density at radius 1 is 1.54 bits per heavy atom. The lowest BCUT2D eigenvalue weighted by Gasteiger charge is -2.08. The number of rotatable bonds is 2. The largest absolute Gasteiger partial charge is 0.367 e. The van der Waals surface area contributed by atoms with Gasteiger partial charge in [0, 0.05) is 12.2 Å². The molecular formula is C11H16N2. The smallest absolute Gasteiger partial charge is 0.129 e. The molecule has 13 heavy (non-hydrogen) atoms. The van der Waals surface area contributed by atoms with Crippen LogP contribution in [0.4, 0.5) is 5.82 Å². The van der Waals surface area contributed by atoms with Crippen LogP contribution in [0.5, 0.6) is 0 Å². The van der Waals surface area contributed by atoms with E-state index in [1.54, 1.807) is 0 Å². The normalized spacial score (nSPS) is 24.1. The predicted molar refractivity (Wildman–Crippen MR) is 54.8 cm³/mol. The van der Waals surface area contributed by atoms with Gasteiger partial charge in [0.2, 0.25) is 0 Å². The number of hydrogen-bond donors (Lipinski definition) is 1. The first-order valence-corrected chi connectivity index (χ1v) is 4.78. The van der Waals surface area contributed by atoms with Gasteiger partial charge in [-0.25, -0.2) is 4.98 Å². The third-order valence-electron chi connectivity index (χ3n) is 2.83. The molecule has 1 N–H and O–H groups in total. The lowest BCUT2D eigenvalue weighted by Crippen LogP contribution is -2.10. The first-order valence-electron chi connectivity index (χ1n) is 4.78. The lowest BCUT2D eigenvalue weighted by atomic mass is 10.2. The second-order valence-electron chi connectivity index (χ2n) is 4.56. The van der Waals surface area contributed by atoms with E-state index in [9.17, 15) is 0 Å². The van der Waals surface area contributed by atoms with Crippen LogP contribution in [0.1, 0.15) is 25.8 Å². The molecule has 1 unspecified atom stereocenters. The lowest BCUT2D eigenvalue weighted by molar-refractivity contribution is 0.629. The Bertz CT molecular complexity index is 318. The molecule has 1 aliphatic rings. The molecule has 1 aromatic rings. The van der Waals surface area contributed by atoms with Crippen LogP contribution in [0.3, 0.4) is 0 Å². The van der Waals surface area contributed by atoms with Crippen LogP contribution in [0.25, 0.3) is 0 Å². The summed E-state index contributed by atoms with van der Waals surface area (Å²) in [5.74, 6) is 1.04. The SMILES string of the molecule is Cc1cccnc1NC1CC1(C)C. The molecule has 0 amide bonds. The highest BCUT2D eigenvalue weighted by atomic mass is 15.1. The zero-order valence-electron chi connectivity index (χ0n) is 8.46. The van der Waals surface area contributed by atoms with Crippen LogP contribution >= 0.6 is 0 Å². The average molecular weight is 176 g/mol. The van der Waals surface area contributed by atoms with Crippen molar-refractivity contribution in [2.75, 3.05) is 5.32 Å². The van der Waals surface area contributed by atoms with Gasteiger partial charge >= 0.3 is 0 Å². The zero-order valence-corrected chi connectivity index (χ0v) is 8.46. The number of pyridine rings is 1. The first-order chi connectivity index (χ1) is 6.09. The highest BCUT2D eigenvalue weighted by molar-refractivity contribution is 5.45. The maximum atomic E-state index is 4.31. The van der Waals surface area contributed by atoms with Crippen LogP contribution in [0.2, 0.25) is 0 Å². The van der Waals surface area contributed by atoms with Gasteiger partial charge in [-0.05, 0) is 30.4 Å². The third kappa shape index (κ3) is 1.67. The second kappa shape index (κ2) is 2.72. The molecule has 1 heterocycles. The third-order valence-corrected chi connectivity index (χ3v) is 2.83. The van der Waals surface area contributed by atoms with Gasteiger partial charge < -0.3 is 5.32 Å². The number of nitrogens with zero attached hydrogens (tertiary/aromatic N) is 1. The highest BCUT2D eigenvalue weighted by Crippen LogP contribution is 2.46. The molecule has 0 saturated heterocycles. The van der Waals surface area contributed by atoms with Crippen molar-refractivity contribution in [2.24, 2.45) is 5.41 Å². The molecule has 1 saturated carbocycles. The van der Waals surface area contributed by atoms with Crippen molar-refractivity contribution >= 4 is 5.82 Å². The fourth-order valence-corrected chi connectivity index (χ4v) is 1.52. The Morgan fingerprint density at radius 3 is 2.77 bits per heavy atom. The molecule has 0 bridgehead atoms. The number of aryl methyl sites for hydroxylation is 1. The summed E-state index contributed by atoms with van der Waals surface area (Å²) in [6.45, 7) is 6.65. The molecule has 2 nitrogen and oxygen atoms in total. The van der Waals surface area contributed by atoms with E-state index in [4.69, 9.17) is 0 Å². The van der Waals surface area contributed by atoms with Crippen LogP contribution in [-0.4, -0.2) is 11.0 Å². The number of hydrogen-bond acceptors (Lipinski definition) is 2. The van der Waals surface area contributed by atoms with E-state index in [0.29, 0.717) is 11.5 Å². The number of anilines is 1. The van der Waals surface area contributed by atoms with E-state index >= 15 is 0 Å². The molecular weight excluding hydrogens is 160 g/mol. The van der Waals surface area contributed by atoms with Gasteiger partial charge in [0.1, 0.15) is 5.82 Å². The van der Waals surface area contributed by atoms with Gasteiger partial charge in [-0.1, -0.05) is 19.9 Å². The van der Waals surface area contributed by atoms with E-state index in [1.807, 2.05) is 12.3 Å². The molecule has 2 heteroatoms. The summed E-state index contributed by atoms with van der Waals surface area (Å²) in [6, 6.07) is 4.67. The Labute approximate surface area is 79.4 Å². The fourth-order valence-electron chi connectivity index (χ4n) is 1.52. The van der Waals surface area contributed by atoms with E-state index in [0.717, 1.165) is 5.82 Å². The molecule has 70 valence electrons. The van der Waals surface area contributed by atoms with Crippen molar-refractivity contribution in [3.8, 4) is 0 Å². The summed E-state index contributed by atoms with van der Waals surface area (Å²) in [5, 5.41) is 3.46. The molecule has 1 aromatic heterocycles. The Hall–Kier alpha value is -1.05. The Balaban J connectivity index is 2.07. The van der Waals surface area contributed by atoms with E-state index in [2.05, 4.69) is 37.1 Å². The van der Waals surface area contributed by atoms with Crippen molar-refractivity contribution in [2.45, 2.75) is 33.2 Å². The van der Waals surface area contributed by atoms with Crippen molar-refractivity contribution in [3.05, 3.63) is 23.9 Å². The maximum Gasteiger partial charge on any atom is 0.129 e. The van der Waals surface area contributed by atoms with Crippen molar-refractivity contribution in [3.63, 3.8) is 0 Å². The molecule has 0 aliphatic heterocycles. The zero-order chi connectivity index (χ0) is 9.47. The van der Waals surface area contributed by atoms with Crippen LogP contribution in [-0.2, 0) is 0 Å². The summed E-state index contributed by atoms with van der Waals surface area (Å²) in [7, 11) is 0. The van der Waals surface area contributed by atoms with Gasteiger partial charge in [-0.15, -0.1) is 0 Å². The molecule has 1 fully saturated rings. The van der Waals surface area contributed by atoms with Gasteiger partial charge in [0.15, 0.2) is 0 Å². The fraction of sp³-hybridized carbons (Fsp3) is 0.545. The van der Waals surface area contributed by atoms with E-state index < -0.39 is 0 Å². The quantitative estimate of drug-likeness (QED) is 0.749. The summed E-state index contributed by atoms with van der Waals surface area (Å²) >= 11 is 0. The Kier molecular flexibility index (Phi) is 1.79. The van der Waals surface area contributed by atoms with E-state index in [1.165, 1.54) is 12.0 Å². The standard InChI is InChI=1S/C11H16N2/c1-8-5-4-6-12-10(8)13-9-7-11(9,2)3/h4-6,9H,7H2,1-3H3,(H,12,13).